The summed E-state index contributed by atoms with van der Waals surface area (Å²) in [6.45, 7) is 0. The minimum atomic E-state index is -7.81. The largest absolute Gasteiger partial charge is 0.399 e. The van der Waals surface area contributed by atoms with E-state index in [2.05, 4.69) is 12.5 Å². The van der Waals surface area contributed by atoms with E-state index in [4.69, 9.17) is 13.7 Å². The van der Waals surface area contributed by atoms with E-state index in [-0.39, 0.29) is 0 Å². The van der Waals surface area contributed by atoms with Crippen LogP contribution in [0, 0.1) is 0 Å². The summed E-state index contributed by atoms with van der Waals surface area (Å²) in [5, 5.41) is 30.2. The van der Waals surface area contributed by atoms with Crippen molar-refractivity contribution in [3.8, 4) is 0 Å². The maximum absolute atomic E-state index is 12.4. The summed E-state index contributed by atoms with van der Waals surface area (Å²) >= 11 is 0. The average Bonchev–Trinajstić information content (AvgIpc) is 2.53. The molecule has 9 N–H and O–H groups in total. The highest BCUT2D eigenvalue weighted by Gasteiger charge is 2.94. The Hall–Kier alpha value is -0.780. The minimum Gasteiger partial charge on any atom is -0.387 e. The van der Waals surface area contributed by atoms with Crippen LogP contribution in [-0.4, -0.2) is 126 Å². The maximum atomic E-state index is 12.4. The van der Waals surface area contributed by atoms with Gasteiger partial charge in [0.2, 0.25) is 0 Å². The quantitative estimate of drug-likeness (QED) is 0.104. The zero-order chi connectivity index (χ0) is 29.4. The molecule has 0 radical (unpaired) electrons. The lowest BCUT2D eigenvalue weighted by atomic mass is 9.83. The van der Waals surface area contributed by atoms with Crippen molar-refractivity contribution < 1.29 is 106 Å². The predicted molar refractivity (Wildman–Crippen MR) is 98.8 cm³/mol. The minimum absolute atomic E-state index is 3.18. The molecule has 0 saturated heterocycles. The molecule has 1 aliphatic rings. The fourth-order valence-electron chi connectivity index (χ4n) is 3.17. The van der Waals surface area contributed by atoms with Gasteiger partial charge in [-0.05, 0) is 0 Å². The van der Waals surface area contributed by atoms with Crippen LogP contribution >= 0.6 is 0 Å². The van der Waals surface area contributed by atoms with E-state index >= 15 is 0 Å². The van der Waals surface area contributed by atoms with Crippen LogP contribution in [0.2, 0.25) is 0 Å². The Morgan fingerprint density at radius 3 is 0.861 bits per heavy atom. The molecule has 0 aliphatic heterocycles. The zero-order valence-electron chi connectivity index (χ0n) is 15.8. The first kappa shape index (κ1) is 33.2. The summed E-state index contributed by atoms with van der Waals surface area (Å²) in [4.78, 5) is -18.8. The van der Waals surface area contributed by atoms with Crippen LogP contribution in [0.5, 0.6) is 0 Å². The van der Waals surface area contributed by atoms with Crippen molar-refractivity contribution in [1.29, 1.82) is 0 Å². The van der Waals surface area contributed by atoms with Gasteiger partial charge in [0.05, 0.1) is 0 Å². The number of aliphatic hydroxyl groups excluding tert-OH is 3. The fraction of sp³-hybridized carbons (Fsp3) is 1.00. The Kier molecular flexibility index (Phi) is 8.20. The molecule has 1 rings (SSSR count). The summed E-state index contributed by atoms with van der Waals surface area (Å²) < 4.78 is 207. The first-order chi connectivity index (χ1) is 15.3. The molecule has 1 fully saturated rings. The second-order valence-electron chi connectivity index (χ2n) is 6.29. The third-order valence-corrected chi connectivity index (χ3v) is 10.3. The first-order valence-electron chi connectivity index (χ1n) is 7.34. The van der Waals surface area contributed by atoms with Gasteiger partial charge in [-0.1, -0.05) is 0 Å². The van der Waals surface area contributed by atoms with Crippen LogP contribution < -0.4 is 0 Å². The molecule has 0 unspecified atom stereocenters. The summed E-state index contributed by atoms with van der Waals surface area (Å²) in [5.74, 6) is 0. The maximum Gasteiger partial charge on any atom is 0.399 e. The first-order valence-corrected chi connectivity index (χ1v) is 15.8. The van der Waals surface area contributed by atoms with E-state index in [1.54, 1.807) is 0 Å². The van der Waals surface area contributed by atoms with Gasteiger partial charge in [0.25, 0.3) is 9.87 Å². The molecule has 24 nitrogen and oxygen atoms in total. The molecule has 0 aromatic rings. The van der Waals surface area contributed by atoms with Crippen LogP contribution in [0.25, 0.3) is 0 Å². The van der Waals surface area contributed by atoms with Crippen molar-refractivity contribution >= 4 is 61.6 Å². The average molecular weight is 661 g/mol. The summed E-state index contributed by atoms with van der Waals surface area (Å²) in [5.41, 5.74) is 0. The molecule has 6 atom stereocenters. The van der Waals surface area contributed by atoms with Crippen molar-refractivity contribution in [3.05, 3.63) is 0 Å². The standard InChI is InChI=1S/C6H12O24S6/c7-1-2(8)4(31(10,11)12,28-34(19,20)21)6(33(16,17)18,30-36(25,26)27)5(3(1)9,32(13,14)15)29-35(22,23)24/h1-3,7-9H,(H,10,11,12)(H,13,14,15)(H,16,17,18)(H,19,20,21)(H,22,23,24)(H,25,26,27)/t1-,2-,3+,4-,5+,6-. The molecule has 30 heteroatoms. The van der Waals surface area contributed by atoms with E-state index in [0.29, 0.717) is 0 Å². The van der Waals surface area contributed by atoms with Crippen molar-refractivity contribution in [2.45, 2.75) is 33.1 Å². The van der Waals surface area contributed by atoms with Gasteiger partial charge in [0.15, 0.2) is 0 Å². The van der Waals surface area contributed by atoms with E-state index < -0.39 is 94.7 Å². The molecular formula is C6H12O24S6. The molecule has 1 aliphatic carbocycles. The number of rotatable bonds is 9. The Morgan fingerprint density at radius 2 is 0.694 bits per heavy atom. The van der Waals surface area contributed by atoms with Crippen LogP contribution in [0.15, 0.2) is 0 Å². The van der Waals surface area contributed by atoms with Gasteiger partial charge in [-0.25, -0.2) is 12.5 Å². The molecule has 216 valence electrons. The Morgan fingerprint density at radius 1 is 0.444 bits per heavy atom. The van der Waals surface area contributed by atoms with E-state index in [1.165, 1.54) is 0 Å². The molecule has 0 bridgehead atoms. The highest BCUT2D eigenvalue weighted by Crippen LogP contribution is 2.58. The summed E-state index contributed by atoms with van der Waals surface area (Å²) in [6, 6.07) is 0. The van der Waals surface area contributed by atoms with Crippen LogP contribution in [0.1, 0.15) is 0 Å². The van der Waals surface area contributed by atoms with Crippen molar-refractivity contribution in [1.82, 2.24) is 0 Å². The molecule has 0 aromatic heterocycles. The van der Waals surface area contributed by atoms with E-state index in [1.807, 2.05) is 0 Å². The predicted octanol–water partition coefficient (Wildman–Crippen LogP) is -6.71. The second-order valence-corrected chi connectivity index (χ2v) is 14.0. The van der Waals surface area contributed by atoms with Crippen molar-refractivity contribution in [3.63, 3.8) is 0 Å². The Bertz CT molecular complexity index is 1460. The highest BCUT2D eigenvalue weighted by molar-refractivity contribution is 7.95. The smallest absolute Gasteiger partial charge is 0.387 e. The van der Waals surface area contributed by atoms with Gasteiger partial charge in [0, 0.05) is 0 Å². The lowest BCUT2D eigenvalue weighted by Crippen LogP contribution is -2.90. The summed E-state index contributed by atoms with van der Waals surface area (Å²) in [6.07, 6.45) is -12.9. The van der Waals surface area contributed by atoms with Gasteiger partial charge in [-0.15, -0.1) is 0 Å². The van der Waals surface area contributed by atoms with Crippen LogP contribution in [0.3, 0.4) is 0 Å². The number of aliphatic hydroxyl groups is 3. The highest BCUT2D eigenvalue weighted by atomic mass is 32.3. The molecule has 0 heterocycles. The molecular weight excluding hydrogens is 648 g/mol. The third-order valence-electron chi connectivity index (χ3n) is 4.15. The zero-order valence-corrected chi connectivity index (χ0v) is 20.7. The van der Waals surface area contributed by atoms with Gasteiger partial charge < -0.3 is 15.3 Å². The van der Waals surface area contributed by atoms with Crippen LogP contribution in [0.4, 0.5) is 0 Å². The molecule has 0 amide bonds. The normalized spacial score (nSPS) is 35.4. The van der Waals surface area contributed by atoms with E-state index in [0.717, 1.165) is 0 Å². The van der Waals surface area contributed by atoms with Gasteiger partial charge >= 0.3 is 66.5 Å². The van der Waals surface area contributed by atoms with Gasteiger partial charge in [0.1, 0.15) is 18.3 Å². The second kappa shape index (κ2) is 8.88. The van der Waals surface area contributed by atoms with E-state index in [9.17, 15) is 79.5 Å². The monoisotopic (exact) mass is 660 g/mol. The van der Waals surface area contributed by atoms with Crippen molar-refractivity contribution in [2.24, 2.45) is 0 Å². The SMILES string of the molecule is O=S(=O)(O)O[C@]1(S(=O)(=O)O)[C@@](OS(=O)(=O)O)(S(=O)(=O)O)[C@@H](O)[C@H](O)[C@@H](O)[C@@]1(OS(=O)(=O)O)S(=O)(=O)O. The number of hydrogen-bond acceptors (Lipinski definition) is 18. The Balaban J connectivity index is 5.09. The Labute approximate surface area is 200 Å². The third kappa shape index (κ3) is 5.10. The molecule has 0 aromatic carbocycles. The molecule has 36 heavy (non-hydrogen) atoms. The molecule has 0 spiro atoms. The topological polar surface area (TPSA) is 415 Å². The van der Waals surface area contributed by atoms with Gasteiger partial charge in [-0.2, -0.15) is 50.5 Å². The lowest BCUT2D eigenvalue weighted by Gasteiger charge is -2.56. The molecule has 1 saturated carbocycles. The van der Waals surface area contributed by atoms with Gasteiger partial charge in [-0.3, -0.25) is 27.3 Å². The fourth-order valence-corrected chi connectivity index (χ4v) is 11.1. The lowest BCUT2D eigenvalue weighted by molar-refractivity contribution is -0.252. The van der Waals surface area contributed by atoms with Crippen molar-refractivity contribution in [2.75, 3.05) is 0 Å². The van der Waals surface area contributed by atoms with Crippen LogP contribution in [-0.2, 0) is 74.1 Å². The summed E-state index contributed by atoms with van der Waals surface area (Å²) in [7, 11) is -43.8. The number of hydrogen-bond donors (Lipinski definition) is 9.